The summed E-state index contributed by atoms with van der Waals surface area (Å²) in [5, 5.41) is 10.7. The lowest BCUT2D eigenvalue weighted by Crippen LogP contribution is -2.46. The number of nitrogens with one attached hydrogen (secondary N) is 2. The van der Waals surface area contributed by atoms with E-state index in [1.54, 1.807) is 6.20 Å². The van der Waals surface area contributed by atoms with Crippen LogP contribution in [0.3, 0.4) is 0 Å². The van der Waals surface area contributed by atoms with Crippen molar-refractivity contribution in [3.63, 3.8) is 0 Å². The number of aromatic nitrogens is 4. The third-order valence-electron chi connectivity index (χ3n) is 5.23. The van der Waals surface area contributed by atoms with Crippen molar-refractivity contribution in [2.75, 3.05) is 22.5 Å². The summed E-state index contributed by atoms with van der Waals surface area (Å²) in [6.45, 7) is 0.246. The average Bonchev–Trinajstić information content (AvgIpc) is 3.21. The third-order valence-corrected chi connectivity index (χ3v) is 5.23. The minimum atomic E-state index is -0.902. The number of hydrogen-bond donors (Lipinski definition) is 3. The second-order valence-corrected chi connectivity index (χ2v) is 7.28. The van der Waals surface area contributed by atoms with E-state index in [1.807, 2.05) is 24.3 Å². The van der Waals surface area contributed by atoms with Crippen LogP contribution in [0.2, 0.25) is 0 Å². The van der Waals surface area contributed by atoms with Crippen LogP contribution in [0.1, 0.15) is 15.9 Å². The summed E-state index contributed by atoms with van der Waals surface area (Å²) in [7, 11) is 0. The molecule has 8 nitrogen and oxygen atoms in total. The molecule has 1 amide bonds. The van der Waals surface area contributed by atoms with Crippen molar-refractivity contribution in [3.8, 4) is 0 Å². The van der Waals surface area contributed by atoms with Gasteiger partial charge in [-0.2, -0.15) is 15.1 Å². The minimum absolute atomic E-state index is 0.0803. The Labute approximate surface area is 175 Å². The lowest BCUT2D eigenvalue weighted by molar-refractivity contribution is 0.0980. The summed E-state index contributed by atoms with van der Waals surface area (Å²) in [5.41, 5.74) is 7.69. The smallest absolute Gasteiger partial charge is 0.261 e. The molecule has 1 unspecified atom stereocenters. The predicted molar refractivity (Wildman–Crippen MR) is 112 cm³/mol. The van der Waals surface area contributed by atoms with E-state index in [1.165, 1.54) is 4.90 Å². The molecule has 0 radical (unpaired) electrons. The Morgan fingerprint density at radius 2 is 2.03 bits per heavy atom. The number of para-hydroxylation sites is 1. The highest BCUT2D eigenvalue weighted by molar-refractivity contribution is 6.07. The van der Waals surface area contributed by atoms with Gasteiger partial charge in [0.1, 0.15) is 17.5 Å². The third kappa shape index (κ3) is 3.41. The fourth-order valence-electron chi connectivity index (χ4n) is 3.85. The van der Waals surface area contributed by atoms with Gasteiger partial charge in [-0.05, 0) is 30.2 Å². The van der Waals surface area contributed by atoms with Crippen molar-refractivity contribution in [2.45, 2.75) is 12.5 Å². The summed E-state index contributed by atoms with van der Waals surface area (Å²) in [5.74, 6) is -1.62. The molecule has 156 valence electrons. The number of anilines is 3. The minimum Gasteiger partial charge on any atom is -0.368 e. The quantitative estimate of drug-likeness (QED) is 0.469. The van der Waals surface area contributed by atoms with E-state index in [0.717, 1.165) is 17.7 Å². The van der Waals surface area contributed by atoms with E-state index < -0.39 is 17.5 Å². The zero-order valence-corrected chi connectivity index (χ0v) is 16.1. The number of benzene rings is 2. The molecule has 1 atom stereocenters. The van der Waals surface area contributed by atoms with Gasteiger partial charge in [-0.15, -0.1) is 0 Å². The van der Waals surface area contributed by atoms with E-state index in [9.17, 15) is 13.6 Å². The van der Waals surface area contributed by atoms with Crippen molar-refractivity contribution in [3.05, 3.63) is 71.4 Å². The van der Waals surface area contributed by atoms with Gasteiger partial charge in [0.25, 0.3) is 5.91 Å². The van der Waals surface area contributed by atoms with Gasteiger partial charge >= 0.3 is 0 Å². The Bertz CT molecular complexity index is 1310. The van der Waals surface area contributed by atoms with Gasteiger partial charge in [-0.3, -0.25) is 9.89 Å². The molecular weight excluding hydrogens is 404 g/mol. The van der Waals surface area contributed by atoms with Crippen LogP contribution in [0.5, 0.6) is 0 Å². The molecule has 0 spiro atoms. The van der Waals surface area contributed by atoms with E-state index in [4.69, 9.17) is 5.73 Å². The van der Waals surface area contributed by atoms with Crippen LogP contribution in [0, 0.1) is 11.6 Å². The molecule has 0 bridgehead atoms. The molecule has 0 fully saturated rings. The molecule has 0 saturated heterocycles. The van der Waals surface area contributed by atoms with Crippen LogP contribution in [0.4, 0.5) is 26.2 Å². The number of nitrogens with zero attached hydrogens (tertiary/aromatic N) is 4. The number of nitrogen functional groups attached to an aromatic ring is 1. The van der Waals surface area contributed by atoms with E-state index >= 15 is 0 Å². The monoisotopic (exact) mass is 421 g/mol. The molecule has 0 aliphatic carbocycles. The van der Waals surface area contributed by atoms with Gasteiger partial charge in [0.05, 0.1) is 17.1 Å². The van der Waals surface area contributed by atoms with E-state index in [0.29, 0.717) is 35.0 Å². The maximum atomic E-state index is 14.3. The highest BCUT2D eigenvalue weighted by Crippen LogP contribution is 2.31. The van der Waals surface area contributed by atoms with Gasteiger partial charge in [-0.1, -0.05) is 18.2 Å². The number of carbonyl (C=O) groups is 1. The summed E-state index contributed by atoms with van der Waals surface area (Å²) in [6, 6.07) is 10.1. The van der Waals surface area contributed by atoms with Gasteiger partial charge in [0.2, 0.25) is 5.95 Å². The number of aromatic amines is 1. The van der Waals surface area contributed by atoms with Gasteiger partial charge in [-0.25, -0.2) is 8.78 Å². The number of amides is 1. The first-order valence-corrected chi connectivity index (χ1v) is 9.57. The molecule has 2 aromatic carbocycles. The van der Waals surface area contributed by atoms with Crippen molar-refractivity contribution < 1.29 is 13.6 Å². The highest BCUT2D eigenvalue weighted by Gasteiger charge is 2.31. The number of halogens is 2. The Morgan fingerprint density at radius 3 is 2.87 bits per heavy atom. The zero-order valence-electron chi connectivity index (χ0n) is 16.1. The van der Waals surface area contributed by atoms with Crippen molar-refractivity contribution >= 4 is 34.4 Å². The van der Waals surface area contributed by atoms with Crippen LogP contribution >= 0.6 is 0 Å². The standard InChI is InChI=1S/C21H17F2N7O/c22-12-5-6-14(16(23)8-12)20(31)30-10-13(7-11-3-1-2-4-17(11)30)26-18-15-9-25-29-19(15)28-21(24)27-18/h1-6,8-9,13H,7,10H2,(H4,24,25,26,27,28,29). The Hall–Kier alpha value is -4.08. The molecule has 3 heterocycles. The SMILES string of the molecule is Nc1nc(NC2Cc3ccccc3N(C(=O)c3ccc(F)cc3F)C2)c2cn[nH]c2n1. The Balaban J connectivity index is 1.50. The van der Waals surface area contributed by atoms with Crippen molar-refractivity contribution in [1.82, 2.24) is 20.2 Å². The first kappa shape index (κ1) is 18.9. The normalized spacial score (nSPS) is 15.7. The summed E-state index contributed by atoms with van der Waals surface area (Å²) in [4.78, 5) is 23.0. The number of nitrogens with two attached hydrogens (primary N) is 1. The number of rotatable bonds is 3. The Kier molecular flexibility index (Phi) is 4.46. The second-order valence-electron chi connectivity index (χ2n) is 7.28. The summed E-state index contributed by atoms with van der Waals surface area (Å²) in [6.07, 6.45) is 2.19. The Morgan fingerprint density at radius 1 is 1.19 bits per heavy atom. The molecule has 5 rings (SSSR count). The van der Waals surface area contributed by atoms with Crippen LogP contribution in [0.25, 0.3) is 11.0 Å². The van der Waals surface area contributed by atoms with Crippen LogP contribution < -0.4 is 16.0 Å². The molecule has 4 N–H and O–H groups in total. The molecule has 31 heavy (non-hydrogen) atoms. The molecule has 4 aromatic rings. The van der Waals surface area contributed by atoms with Gasteiger partial charge in [0.15, 0.2) is 5.65 Å². The number of H-pyrrole nitrogens is 1. The lowest BCUT2D eigenvalue weighted by Gasteiger charge is -2.35. The lowest BCUT2D eigenvalue weighted by atomic mass is 9.96. The molecular formula is C21H17F2N7O. The largest absolute Gasteiger partial charge is 0.368 e. The molecule has 10 heteroatoms. The predicted octanol–water partition coefficient (Wildman–Crippen LogP) is 2.90. The molecule has 0 saturated carbocycles. The van der Waals surface area contributed by atoms with Gasteiger partial charge in [0, 0.05) is 24.3 Å². The van der Waals surface area contributed by atoms with Crippen LogP contribution in [0.15, 0.2) is 48.7 Å². The van der Waals surface area contributed by atoms with Crippen molar-refractivity contribution in [1.29, 1.82) is 0 Å². The molecule has 2 aromatic heterocycles. The van der Waals surface area contributed by atoms with E-state index in [-0.39, 0.29) is 24.1 Å². The first-order chi connectivity index (χ1) is 15.0. The fraction of sp³-hybridized carbons (Fsp3) is 0.143. The summed E-state index contributed by atoms with van der Waals surface area (Å²) >= 11 is 0. The maximum Gasteiger partial charge on any atom is 0.261 e. The number of hydrogen-bond acceptors (Lipinski definition) is 6. The number of fused-ring (bicyclic) bond motifs is 2. The zero-order chi connectivity index (χ0) is 21.5. The topological polar surface area (TPSA) is 113 Å². The van der Waals surface area contributed by atoms with Crippen LogP contribution in [-0.2, 0) is 6.42 Å². The molecule has 1 aliphatic heterocycles. The van der Waals surface area contributed by atoms with Crippen LogP contribution in [-0.4, -0.2) is 38.7 Å². The maximum absolute atomic E-state index is 14.3. The first-order valence-electron chi connectivity index (χ1n) is 9.57. The second kappa shape index (κ2) is 7.31. The van der Waals surface area contributed by atoms with E-state index in [2.05, 4.69) is 25.5 Å². The summed E-state index contributed by atoms with van der Waals surface area (Å²) < 4.78 is 27.6. The average molecular weight is 421 g/mol. The fourth-order valence-corrected chi connectivity index (χ4v) is 3.85. The highest BCUT2D eigenvalue weighted by atomic mass is 19.1. The van der Waals surface area contributed by atoms with Crippen molar-refractivity contribution in [2.24, 2.45) is 0 Å². The number of carbonyl (C=O) groups excluding carboxylic acids is 1. The van der Waals surface area contributed by atoms with Gasteiger partial charge < -0.3 is 16.0 Å². The molecule has 1 aliphatic rings.